The second-order valence-electron chi connectivity index (χ2n) is 4.76. The summed E-state index contributed by atoms with van der Waals surface area (Å²) < 4.78 is 0. The van der Waals surface area contributed by atoms with Gasteiger partial charge in [0.15, 0.2) is 0 Å². The van der Waals surface area contributed by atoms with Gasteiger partial charge in [0.2, 0.25) is 0 Å². The van der Waals surface area contributed by atoms with Crippen molar-refractivity contribution in [3.05, 3.63) is 35.9 Å². The first kappa shape index (κ1) is 12.7. The van der Waals surface area contributed by atoms with Crippen LogP contribution < -0.4 is 4.90 Å². The van der Waals surface area contributed by atoms with Crippen LogP contribution in [0.4, 0.5) is 5.69 Å². The van der Waals surface area contributed by atoms with Crippen LogP contribution in [0.15, 0.2) is 30.3 Å². The molecular formula is C15H19NO2. The van der Waals surface area contributed by atoms with Crippen molar-refractivity contribution in [1.29, 1.82) is 0 Å². The second-order valence-corrected chi connectivity index (χ2v) is 4.76. The molecule has 3 heteroatoms. The summed E-state index contributed by atoms with van der Waals surface area (Å²) in [5.74, 6) is -0.896. The number of anilines is 1. The van der Waals surface area contributed by atoms with E-state index in [4.69, 9.17) is 5.11 Å². The standard InChI is InChI=1S/C15H19NO2/c1-12(11-15(17)18)13-5-7-14(8-6-13)16-9-3-2-4-10-16/h5-8,11H,2-4,9-10H2,1H3,(H,17,18)/b12-11+. The first-order valence-corrected chi connectivity index (χ1v) is 6.43. The second kappa shape index (κ2) is 5.71. The minimum absolute atomic E-state index is 0.785. The number of rotatable bonds is 3. The fourth-order valence-corrected chi connectivity index (χ4v) is 2.36. The van der Waals surface area contributed by atoms with Gasteiger partial charge in [-0.3, -0.25) is 0 Å². The molecule has 0 aromatic heterocycles. The molecule has 0 saturated carbocycles. The van der Waals surface area contributed by atoms with Gasteiger partial charge >= 0.3 is 5.97 Å². The van der Waals surface area contributed by atoms with Crippen LogP contribution in [0, 0.1) is 0 Å². The van der Waals surface area contributed by atoms with E-state index in [0.29, 0.717) is 0 Å². The molecule has 1 heterocycles. The Hall–Kier alpha value is -1.77. The van der Waals surface area contributed by atoms with E-state index in [1.165, 1.54) is 31.0 Å². The fourth-order valence-electron chi connectivity index (χ4n) is 2.36. The van der Waals surface area contributed by atoms with Gasteiger partial charge in [0.1, 0.15) is 0 Å². The fraction of sp³-hybridized carbons (Fsp3) is 0.400. The number of carbonyl (C=O) groups is 1. The summed E-state index contributed by atoms with van der Waals surface area (Å²) >= 11 is 0. The van der Waals surface area contributed by atoms with Gasteiger partial charge in [-0.2, -0.15) is 0 Å². The van der Waals surface area contributed by atoms with Crippen molar-refractivity contribution in [1.82, 2.24) is 0 Å². The molecule has 0 atom stereocenters. The lowest BCUT2D eigenvalue weighted by molar-refractivity contribution is -0.131. The Kier molecular flexibility index (Phi) is 4.03. The Bertz CT molecular complexity index is 442. The van der Waals surface area contributed by atoms with Gasteiger partial charge in [0, 0.05) is 24.9 Å². The highest BCUT2D eigenvalue weighted by atomic mass is 16.4. The minimum atomic E-state index is -0.896. The smallest absolute Gasteiger partial charge is 0.328 e. The van der Waals surface area contributed by atoms with Crippen molar-refractivity contribution in [3.8, 4) is 0 Å². The van der Waals surface area contributed by atoms with Gasteiger partial charge in [0.25, 0.3) is 0 Å². The molecule has 1 N–H and O–H groups in total. The molecular weight excluding hydrogens is 226 g/mol. The molecule has 1 aromatic carbocycles. The van der Waals surface area contributed by atoms with Crippen molar-refractivity contribution in [3.63, 3.8) is 0 Å². The first-order chi connectivity index (χ1) is 8.66. The molecule has 0 unspecified atom stereocenters. The highest BCUT2D eigenvalue weighted by Gasteiger charge is 2.10. The van der Waals surface area contributed by atoms with Crippen LogP contribution in [0.25, 0.3) is 5.57 Å². The van der Waals surface area contributed by atoms with Crippen molar-refractivity contribution in [2.24, 2.45) is 0 Å². The average molecular weight is 245 g/mol. The largest absolute Gasteiger partial charge is 0.478 e. The molecule has 1 aliphatic heterocycles. The van der Waals surface area contributed by atoms with E-state index in [0.717, 1.165) is 24.2 Å². The molecule has 0 radical (unpaired) electrons. The Morgan fingerprint density at radius 2 is 1.78 bits per heavy atom. The number of nitrogens with zero attached hydrogens (tertiary/aromatic N) is 1. The van der Waals surface area contributed by atoms with E-state index >= 15 is 0 Å². The Morgan fingerprint density at radius 1 is 1.17 bits per heavy atom. The van der Waals surface area contributed by atoms with Crippen molar-refractivity contribution < 1.29 is 9.90 Å². The molecule has 18 heavy (non-hydrogen) atoms. The van der Waals surface area contributed by atoms with Crippen molar-refractivity contribution in [2.75, 3.05) is 18.0 Å². The summed E-state index contributed by atoms with van der Waals surface area (Å²) in [6.07, 6.45) is 5.10. The molecule has 3 nitrogen and oxygen atoms in total. The summed E-state index contributed by atoms with van der Waals surface area (Å²) in [5.41, 5.74) is 2.99. The van der Waals surface area contributed by atoms with Gasteiger partial charge in [-0.1, -0.05) is 12.1 Å². The maximum Gasteiger partial charge on any atom is 0.328 e. The van der Waals surface area contributed by atoms with Gasteiger partial charge in [-0.15, -0.1) is 0 Å². The van der Waals surface area contributed by atoms with Crippen molar-refractivity contribution >= 4 is 17.2 Å². The molecule has 1 fully saturated rings. The molecule has 96 valence electrons. The van der Waals surface area contributed by atoms with E-state index in [1.807, 2.05) is 19.1 Å². The summed E-state index contributed by atoms with van der Waals surface area (Å²) in [5, 5.41) is 8.72. The molecule has 0 amide bonds. The number of carboxylic acid groups (broad SMARTS) is 1. The summed E-state index contributed by atoms with van der Waals surface area (Å²) in [7, 11) is 0. The number of aliphatic carboxylic acids is 1. The molecule has 2 rings (SSSR count). The van der Waals surface area contributed by atoms with Gasteiger partial charge < -0.3 is 10.0 Å². The predicted molar refractivity (Wildman–Crippen MR) is 73.8 cm³/mol. The third-order valence-electron chi connectivity index (χ3n) is 3.38. The van der Waals surface area contributed by atoms with E-state index in [-0.39, 0.29) is 0 Å². The zero-order valence-electron chi connectivity index (χ0n) is 10.7. The Labute approximate surface area is 108 Å². The quantitative estimate of drug-likeness (QED) is 0.831. The van der Waals surface area contributed by atoms with E-state index < -0.39 is 5.97 Å². The van der Waals surface area contributed by atoms with Crippen molar-refractivity contribution in [2.45, 2.75) is 26.2 Å². The van der Waals surface area contributed by atoms with E-state index in [2.05, 4.69) is 17.0 Å². The van der Waals surface area contributed by atoms with Crippen LogP contribution in [-0.4, -0.2) is 24.2 Å². The zero-order valence-corrected chi connectivity index (χ0v) is 10.7. The lowest BCUT2D eigenvalue weighted by Gasteiger charge is -2.28. The number of allylic oxidation sites excluding steroid dienone is 1. The molecule has 0 spiro atoms. The van der Waals surface area contributed by atoms with Gasteiger partial charge in [0.05, 0.1) is 0 Å². The number of carboxylic acids is 1. The topological polar surface area (TPSA) is 40.5 Å². The first-order valence-electron chi connectivity index (χ1n) is 6.43. The van der Waals surface area contributed by atoms with Crippen LogP contribution in [0.2, 0.25) is 0 Å². The van der Waals surface area contributed by atoms with Crippen LogP contribution in [0.1, 0.15) is 31.7 Å². The minimum Gasteiger partial charge on any atom is -0.478 e. The number of benzene rings is 1. The molecule has 1 aliphatic rings. The Balaban J connectivity index is 2.12. The lowest BCUT2D eigenvalue weighted by Crippen LogP contribution is -2.29. The number of hydrogen-bond acceptors (Lipinski definition) is 2. The zero-order chi connectivity index (χ0) is 13.0. The van der Waals surface area contributed by atoms with Crippen LogP contribution >= 0.6 is 0 Å². The number of piperidine rings is 1. The SMILES string of the molecule is C/C(=C\C(=O)O)c1ccc(N2CCCCC2)cc1. The third kappa shape index (κ3) is 3.13. The normalized spacial score (nSPS) is 16.7. The summed E-state index contributed by atoms with van der Waals surface area (Å²) in [6, 6.07) is 8.16. The maximum absolute atomic E-state index is 10.6. The number of hydrogen-bond donors (Lipinski definition) is 1. The van der Waals surface area contributed by atoms with Gasteiger partial charge in [-0.25, -0.2) is 4.79 Å². The third-order valence-corrected chi connectivity index (χ3v) is 3.38. The lowest BCUT2D eigenvalue weighted by atomic mass is 10.1. The van der Waals surface area contributed by atoms with Gasteiger partial charge in [-0.05, 0) is 49.5 Å². The van der Waals surface area contributed by atoms with Crippen LogP contribution in [-0.2, 0) is 4.79 Å². The predicted octanol–water partition coefficient (Wildman–Crippen LogP) is 3.16. The highest BCUT2D eigenvalue weighted by Crippen LogP contribution is 2.22. The summed E-state index contributed by atoms with van der Waals surface area (Å²) in [4.78, 5) is 13.0. The van der Waals surface area contributed by atoms with Crippen LogP contribution in [0.5, 0.6) is 0 Å². The Morgan fingerprint density at radius 3 is 2.33 bits per heavy atom. The van der Waals surface area contributed by atoms with E-state index in [1.54, 1.807) is 0 Å². The highest BCUT2D eigenvalue weighted by molar-refractivity contribution is 5.89. The van der Waals surface area contributed by atoms with Crippen LogP contribution in [0.3, 0.4) is 0 Å². The molecule has 0 bridgehead atoms. The molecule has 0 aliphatic carbocycles. The molecule has 1 aromatic rings. The van der Waals surface area contributed by atoms with E-state index in [9.17, 15) is 4.79 Å². The average Bonchev–Trinajstić information content (AvgIpc) is 2.39. The monoisotopic (exact) mass is 245 g/mol. The maximum atomic E-state index is 10.6. The summed E-state index contributed by atoms with van der Waals surface area (Å²) in [6.45, 7) is 4.08. The molecule has 1 saturated heterocycles.